The average molecular weight is 322 g/mol. The van der Waals surface area contributed by atoms with Gasteiger partial charge >= 0.3 is 0 Å². The Bertz CT molecular complexity index is 695. The Morgan fingerprint density at radius 3 is 2.59 bits per heavy atom. The second kappa shape index (κ2) is 6.15. The van der Waals surface area contributed by atoms with Gasteiger partial charge in [-0.25, -0.2) is 13.1 Å². The summed E-state index contributed by atoms with van der Waals surface area (Å²) in [4.78, 5) is 0. The van der Waals surface area contributed by atoms with Crippen LogP contribution in [0.4, 0.5) is 0 Å². The second-order valence-electron chi connectivity index (χ2n) is 5.39. The van der Waals surface area contributed by atoms with Gasteiger partial charge in [-0.1, -0.05) is 30.3 Å². The zero-order chi connectivity index (χ0) is 15.5. The summed E-state index contributed by atoms with van der Waals surface area (Å²) in [5, 5.41) is 9.40. The minimum atomic E-state index is -3.66. The van der Waals surface area contributed by atoms with Gasteiger partial charge in [-0.3, -0.25) is 0 Å². The maximum Gasteiger partial charge on any atom is 0.261 e. The van der Waals surface area contributed by atoms with Crippen LogP contribution in [0.1, 0.15) is 18.4 Å². The summed E-state index contributed by atoms with van der Waals surface area (Å²) in [6.45, 7) is 1.57. The van der Waals surface area contributed by atoms with E-state index >= 15 is 0 Å². The number of ether oxygens (including phenoxy) is 1. The fraction of sp³-hybridized carbons (Fsp3) is 0.429. The van der Waals surface area contributed by atoms with Crippen molar-refractivity contribution in [2.75, 3.05) is 19.8 Å². The van der Waals surface area contributed by atoms with Crippen molar-refractivity contribution in [1.82, 2.24) is 20.1 Å². The Labute approximate surface area is 129 Å². The molecule has 2 aromatic rings. The molecule has 0 amide bonds. The van der Waals surface area contributed by atoms with Gasteiger partial charge in [-0.15, -0.1) is 5.10 Å². The van der Waals surface area contributed by atoms with Gasteiger partial charge in [0.1, 0.15) is 0 Å². The smallest absolute Gasteiger partial charge is 0.261 e. The van der Waals surface area contributed by atoms with Crippen LogP contribution in [0.25, 0.3) is 0 Å². The third kappa shape index (κ3) is 3.03. The Balaban J connectivity index is 1.83. The summed E-state index contributed by atoms with van der Waals surface area (Å²) in [5.74, 6) is 0. The lowest BCUT2D eigenvalue weighted by Crippen LogP contribution is -2.44. The molecule has 1 aromatic heterocycles. The van der Waals surface area contributed by atoms with Crippen LogP contribution in [0.2, 0.25) is 0 Å². The molecule has 0 spiro atoms. The SMILES string of the molecule is O=S(=O)(NCC1(c2ccccc2)CCOCC1)c1cn[nH]n1. The van der Waals surface area contributed by atoms with E-state index in [1.54, 1.807) is 0 Å². The number of H-pyrrole nitrogens is 1. The van der Waals surface area contributed by atoms with Crippen molar-refractivity contribution in [3.05, 3.63) is 42.1 Å². The van der Waals surface area contributed by atoms with E-state index in [0.29, 0.717) is 19.8 Å². The van der Waals surface area contributed by atoms with Crippen LogP contribution in [0, 0.1) is 0 Å². The summed E-state index contributed by atoms with van der Waals surface area (Å²) < 4.78 is 32.6. The first-order valence-electron chi connectivity index (χ1n) is 7.11. The van der Waals surface area contributed by atoms with Gasteiger partial charge in [0.15, 0.2) is 0 Å². The average Bonchev–Trinajstić information content (AvgIpc) is 3.10. The van der Waals surface area contributed by atoms with Crippen molar-refractivity contribution in [3.63, 3.8) is 0 Å². The number of aromatic amines is 1. The molecule has 0 unspecified atom stereocenters. The normalized spacial score (nSPS) is 18.2. The number of aromatic nitrogens is 3. The minimum absolute atomic E-state index is 0.0947. The number of benzene rings is 1. The highest BCUT2D eigenvalue weighted by Crippen LogP contribution is 2.34. The minimum Gasteiger partial charge on any atom is -0.381 e. The van der Waals surface area contributed by atoms with Gasteiger partial charge in [0.25, 0.3) is 10.0 Å². The topological polar surface area (TPSA) is 97.0 Å². The molecule has 2 N–H and O–H groups in total. The highest BCUT2D eigenvalue weighted by atomic mass is 32.2. The Hall–Kier alpha value is -1.77. The quantitative estimate of drug-likeness (QED) is 0.850. The predicted octanol–water partition coefficient (Wildman–Crippen LogP) is 0.831. The number of hydrogen-bond acceptors (Lipinski definition) is 5. The van der Waals surface area contributed by atoms with E-state index in [1.165, 1.54) is 6.20 Å². The van der Waals surface area contributed by atoms with Crippen LogP contribution >= 0.6 is 0 Å². The molecule has 0 saturated carbocycles. The fourth-order valence-corrected chi connectivity index (χ4v) is 3.72. The molecule has 3 rings (SSSR count). The predicted molar refractivity (Wildman–Crippen MR) is 79.7 cm³/mol. The number of hydrogen-bond donors (Lipinski definition) is 2. The molecule has 8 heteroatoms. The molecule has 0 aliphatic carbocycles. The van der Waals surface area contributed by atoms with Crippen molar-refractivity contribution < 1.29 is 13.2 Å². The number of sulfonamides is 1. The van der Waals surface area contributed by atoms with Crippen molar-refractivity contribution in [3.8, 4) is 0 Å². The van der Waals surface area contributed by atoms with E-state index < -0.39 is 10.0 Å². The number of nitrogens with one attached hydrogen (secondary N) is 2. The molecule has 1 fully saturated rings. The zero-order valence-electron chi connectivity index (χ0n) is 12.0. The Kier molecular flexibility index (Phi) is 4.23. The van der Waals surface area contributed by atoms with Crippen molar-refractivity contribution >= 4 is 10.0 Å². The molecule has 0 radical (unpaired) electrons. The first-order valence-corrected chi connectivity index (χ1v) is 8.59. The first-order chi connectivity index (χ1) is 10.6. The molecule has 0 atom stereocenters. The Morgan fingerprint density at radius 1 is 1.23 bits per heavy atom. The molecule has 2 heterocycles. The monoisotopic (exact) mass is 322 g/mol. The van der Waals surface area contributed by atoms with Gasteiger partial charge < -0.3 is 4.74 Å². The maximum absolute atomic E-state index is 12.2. The summed E-state index contributed by atoms with van der Waals surface area (Å²) in [6.07, 6.45) is 2.75. The standard InChI is InChI=1S/C14H18N4O3S/c19-22(20,13-10-15-18-17-13)16-11-14(6-8-21-9-7-14)12-4-2-1-3-5-12/h1-5,10,16H,6-9,11H2,(H,15,17,18). The first kappa shape index (κ1) is 15.1. The second-order valence-corrected chi connectivity index (χ2v) is 7.11. The molecule has 22 heavy (non-hydrogen) atoms. The largest absolute Gasteiger partial charge is 0.381 e. The van der Waals surface area contributed by atoms with Crippen LogP contribution in [-0.4, -0.2) is 43.6 Å². The van der Waals surface area contributed by atoms with Gasteiger partial charge in [0.05, 0.1) is 6.20 Å². The van der Waals surface area contributed by atoms with Crippen LogP contribution in [-0.2, 0) is 20.2 Å². The lowest BCUT2D eigenvalue weighted by molar-refractivity contribution is 0.0517. The molecule has 118 valence electrons. The number of nitrogens with zero attached hydrogens (tertiary/aromatic N) is 2. The fourth-order valence-electron chi connectivity index (χ4n) is 2.75. The van der Waals surface area contributed by atoms with Crippen LogP contribution in [0.3, 0.4) is 0 Å². The van der Waals surface area contributed by atoms with E-state index in [1.807, 2.05) is 30.3 Å². The van der Waals surface area contributed by atoms with Crippen molar-refractivity contribution in [1.29, 1.82) is 0 Å². The summed E-state index contributed by atoms with van der Waals surface area (Å²) in [6, 6.07) is 9.97. The van der Waals surface area contributed by atoms with Gasteiger partial charge in [0.2, 0.25) is 5.03 Å². The molecule has 1 saturated heterocycles. The van der Waals surface area contributed by atoms with E-state index in [-0.39, 0.29) is 10.4 Å². The van der Waals surface area contributed by atoms with Crippen molar-refractivity contribution in [2.24, 2.45) is 0 Å². The highest BCUT2D eigenvalue weighted by molar-refractivity contribution is 7.89. The lowest BCUT2D eigenvalue weighted by atomic mass is 9.74. The molecular formula is C14H18N4O3S. The van der Waals surface area contributed by atoms with E-state index in [4.69, 9.17) is 4.74 Å². The van der Waals surface area contributed by atoms with Crippen molar-refractivity contribution in [2.45, 2.75) is 23.3 Å². The Morgan fingerprint density at radius 2 is 1.95 bits per heavy atom. The highest BCUT2D eigenvalue weighted by Gasteiger charge is 2.36. The van der Waals surface area contributed by atoms with Crippen LogP contribution in [0.15, 0.2) is 41.6 Å². The summed E-state index contributed by atoms with van der Waals surface area (Å²) >= 11 is 0. The van der Waals surface area contributed by atoms with E-state index in [2.05, 4.69) is 20.1 Å². The van der Waals surface area contributed by atoms with Crippen LogP contribution in [0.5, 0.6) is 0 Å². The summed E-state index contributed by atoms with van der Waals surface area (Å²) in [7, 11) is -3.66. The molecule has 1 aromatic carbocycles. The van der Waals surface area contributed by atoms with E-state index in [0.717, 1.165) is 18.4 Å². The third-order valence-corrected chi connectivity index (χ3v) is 5.38. The van der Waals surface area contributed by atoms with E-state index in [9.17, 15) is 8.42 Å². The van der Waals surface area contributed by atoms with Crippen LogP contribution < -0.4 is 4.72 Å². The lowest BCUT2D eigenvalue weighted by Gasteiger charge is -2.37. The molecule has 0 bridgehead atoms. The molecule has 1 aliphatic heterocycles. The third-order valence-electron chi connectivity index (χ3n) is 4.10. The molecular weight excluding hydrogens is 304 g/mol. The van der Waals surface area contributed by atoms with Gasteiger partial charge in [-0.05, 0) is 18.4 Å². The zero-order valence-corrected chi connectivity index (χ0v) is 12.8. The molecule has 7 nitrogen and oxygen atoms in total. The number of rotatable bonds is 5. The van der Waals surface area contributed by atoms with Gasteiger partial charge in [-0.2, -0.15) is 10.3 Å². The molecule has 1 aliphatic rings. The maximum atomic E-state index is 12.2. The van der Waals surface area contributed by atoms with Gasteiger partial charge in [0, 0.05) is 25.2 Å². The summed E-state index contributed by atoms with van der Waals surface area (Å²) in [5.41, 5.74) is 0.872.